The second-order valence-electron chi connectivity index (χ2n) is 1.99. The molecule has 0 radical (unpaired) electrons. The van der Waals surface area contributed by atoms with Gasteiger partial charge in [-0.25, -0.2) is 0 Å². The largest absolute Gasteiger partial charge is 0.381 e. The van der Waals surface area contributed by atoms with Crippen molar-refractivity contribution >= 4 is 22.9 Å². The van der Waals surface area contributed by atoms with Gasteiger partial charge in [0.25, 0.3) is 0 Å². The lowest BCUT2D eigenvalue weighted by molar-refractivity contribution is 0.132. The summed E-state index contributed by atoms with van der Waals surface area (Å²) in [6.45, 7) is 3.39. The predicted molar refractivity (Wildman–Crippen MR) is 51.1 cm³/mol. The maximum absolute atomic E-state index is 5.28. The van der Waals surface area contributed by atoms with Gasteiger partial charge in [-0.15, -0.1) is 0 Å². The maximum Gasteiger partial charge on any atom is 0.0478 e. The first-order valence-electron chi connectivity index (χ1n) is 3.53. The summed E-state index contributed by atoms with van der Waals surface area (Å²) in [6.07, 6.45) is 2.05. The number of rotatable bonds is 7. The number of nitrogens with two attached hydrogens (primary N) is 1. The molecule has 62 valence electrons. The summed E-state index contributed by atoms with van der Waals surface area (Å²) in [5, 5.41) is 0. The van der Waals surface area contributed by atoms with Crippen LogP contribution in [-0.4, -0.2) is 26.3 Å². The van der Waals surface area contributed by atoms with Crippen molar-refractivity contribution in [3.8, 4) is 0 Å². The van der Waals surface area contributed by atoms with Crippen LogP contribution in [0.3, 0.4) is 0 Å². The summed E-state index contributed by atoms with van der Waals surface area (Å²) in [4.78, 5) is 0. The van der Waals surface area contributed by atoms with Crippen molar-refractivity contribution in [2.45, 2.75) is 12.8 Å². The van der Waals surface area contributed by atoms with E-state index in [1.165, 1.54) is 0 Å². The lowest BCUT2D eigenvalue weighted by Gasteiger charge is -2.00. The highest BCUT2D eigenvalue weighted by atomic mass is 127. The van der Waals surface area contributed by atoms with Crippen molar-refractivity contribution in [2.24, 2.45) is 5.73 Å². The van der Waals surface area contributed by atoms with Crippen LogP contribution in [0.1, 0.15) is 12.8 Å². The Morgan fingerprint density at radius 3 is 2.60 bits per heavy atom. The molecular formula is C6H15IN2O. The average Bonchev–Trinajstić information content (AvgIpc) is 1.97. The molecule has 4 heteroatoms. The van der Waals surface area contributed by atoms with Gasteiger partial charge in [-0.1, -0.05) is 0 Å². The highest BCUT2D eigenvalue weighted by Crippen LogP contribution is 1.84. The van der Waals surface area contributed by atoms with E-state index >= 15 is 0 Å². The normalized spacial score (nSPS) is 10.2. The zero-order chi connectivity index (χ0) is 7.66. The van der Waals surface area contributed by atoms with Crippen molar-refractivity contribution in [3.63, 3.8) is 0 Å². The third-order valence-corrected chi connectivity index (χ3v) is 1.59. The molecule has 0 heterocycles. The van der Waals surface area contributed by atoms with Gasteiger partial charge in [-0.2, -0.15) is 0 Å². The number of nitrogens with one attached hydrogen (secondary N) is 1. The summed E-state index contributed by atoms with van der Waals surface area (Å²) in [5.74, 6) is 0. The smallest absolute Gasteiger partial charge is 0.0478 e. The van der Waals surface area contributed by atoms with Gasteiger partial charge in [0.15, 0.2) is 0 Å². The molecule has 3 nitrogen and oxygen atoms in total. The van der Waals surface area contributed by atoms with E-state index in [1.54, 1.807) is 0 Å². The third-order valence-electron chi connectivity index (χ3n) is 1.05. The minimum absolute atomic E-state index is 0.727. The number of hydrogen-bond donors (Lipinski definition) is 2. The molecule has 0 amide bonds. The molecule has 0 fully saturated rings. The fourth-order valence-electron chi connectivity index (χ4n) is 0.529. The molecule has 0 unspecified atom stereocenters. The van der Waals surface area contributed by atoms with E-state index in [1.807, 2.05) is 0 Å². The molecule has 10 heavy (non-hydrogen) atoms. The summed E-state index contributed by atoms with van der Waals surface area (Å²) < 4.78 is 8.28. The Kier molecular flexibility index (Phi) is 10.2. The first-order valence-corrected chi connectivity index (χ1v) is 4.61. The topological polar surface area (TPSA) is 47.3 Å². The van der Waals surface area contributed by atoms with E-state index < -0.39 is 0 Å². The zero-order valence-corrected chi connectivity index (χ0v) is 8.26. The zero-order valence-electron chi connectivity index (χ0n) is 6.11. The average molecular weight is 258 g/mol. The molecule has 0 aliphatic rings. The van der Waals surface area contributed by atoms with Crippen LogP contribution in [0.25, 0.3) is 0 Å². The molecule has 0 bridgehead atoms. The van der Waals surface area contributed by atoms with Gasteiger partial charge in [-0.05, 0) is 19.4 Å². The van der Waals surface area contributed by atoms with E-state index in [4.69, 9.17) is 10.5 Å². The highest BCUT2D eigenvalue weighted by molar-refractivity contribution is 14.1. The van der Waals surface area contributed by atoms with Gasteiger partial charge in [0, 0.05) is 42.6 Å². The van der Waals surface area contributed by atoms with E-state index in [2.05, 4.69) is 26.4 Å². The van der Waals surface area contributed by atoms with Crippen molar-refractivity contribution in [1.82, 2.24) is 3.53 Å². The fraction of sp³-hybridized carbons (Fsp3) is 1.00. The van der Waals surface area contributed by atoms with Gasteiger partial charge in [-0.3, -0.25) is 3.53 Å². The minimum Gasteiger partial charge on any atom is -0.381 e. The molecular weight excluding hydrogens is 243 g/mol. The third kappa shape index (κ3) is 8.61. The van der Waals surface area contributed by atoms with Crippen LogP contribution in [0.2, 0.25) is 0 Å². The lowest BCUT2D eigenvalue weighted by atomic mass is 10.4. The second-order valence-corrected chi connectivity index (χ2v) is 2.75. The summed E-state index contributed by atoms with van der Waals surface area (Å²) >= 11 is 2.13. The number of hydrogen-bond acceptors (Lipinski definition) is 3. The Hall–Kier alpha value is 0.610. The van der Waals surface area contributed by atoms with Crippen LogP contribution >= 0.6 is 22.9 Å². The van der Waals surface area contributed by atoms with Crippen LogP contribution in [0.4, 0.5) is 0 Å². The molecule has 0 saturated carbocycles. The maximum atomic E-state index is 5.28. The van der Waals surface area contributed by atoms with Gasteiger partial charge >= 0.3 is 0 Å². The monoisotopic (exact) mass is 258 g/mol. The summed E-state index contributed by atoms with van der Waals surface area (Å²) in [5.41, 5.74) is 5.28. The minimum atomic E-state index is 0.727. The molecule has 0 saturated heterocycles. The lowest BCUT2D eigenvalue weighted by Crippen LogP contribution is -2.08. The van der Waals surface area contributed by atoms with Crippen molar-refractivity contribution in [1.29, 1.82) is 0 Å². The highest BCUT2D eigenvalue weighted by Gasteiger charge is 1.86. The van der Waals surface area contributed by atoms with Crippen molar-refractivity contribution in [2.75, 3.05) is 26.3 Å². The second kappa shape index (κ2) is 9.61. The van der Waals surface area contributed by atoms with Crippen molar-refractivity contribution < 1.29 is 4.74 Å². The Bertz CT molecular complexity index is 55.7. The standard InChI is InChI=1S/C6H15IN2O/c7-9-4-2-6-10-5-1-3-8/h9H,1-6,8H2. The van der Waals surface area contributed by atoms with E-state index in [9.17, 15) is 0 Å². The van der Waals surface area contributed by atoms with Gasteiger partial charge in [0.2, 0.25) is 0 Å². The molecule has 0 aliphatic carbocycles. The first-order chi connectivity index (χ1) is 4.91. The Morgan fingerprint density at radius 2 is 2.00 bits per heavy atom. The van der Waals surface area contributed by atoms with Crippen LogP contribution < -0.4 is 9.26 Å². The van der Waals surface area contributed by atoms with Crippen LogP contribution in [0.5, 0.6) is 0 Å². The SMILES string of the molecule is NCCCOCCCNI. The molecule has 0 atom stereocenters. The number of ether oxygens (including phenoxy) is 1. The van der Waals surface area contributed by atoms with Crippen LogP contribution in [0, 0.1) is 0 Å². The van der Waals surface area contributed by atoms with Crippen LogP contribution in [-0.2, 0) is 4.74 Å². The quantitative estimate of drug-likeness (QED) is 0.401. The molecule has 0 aliphatic heterocycles. The fourth-order valence-corrected chi connectivity index (χ4v) is 0.910. The molecule has 0 aromatic rings. The molecule has 3 N–H and O–H groups in total. The van der Waals surface area contributed by atoms with Gasteiger partial charge in [0.1, 0.15) is 0 Å². The Labute approximate surface area is 76.2 Å². The Balaban J connectivity index is 2.65. The van der Waals surface area contributed by atoms with E-state index in [0.29, 0.717) is 0 Å². The summed E-state index contributed by atoms with van der Waals surface area (Å²) in [7, 11) is 0. The van der Waals surface area contributed by atoms with Crippen molar-refractivity contribution in [3.05, 3.63) is 0 Å². The predicted octanol–water partition coefficient (Wildman–Crippen LogP) is 0.681. The summed E-state index contributed by atoms with van der Waals surface area (Å²) in [6, 6.07) is 0. The first kappa shape index (κ1) is 10.6. The molecule has 0 rings (SSSR count). The van der Waals surface area contributed by atoms with Gasteiger partial charge < -0.3 is 10.5 Å². The molecule has 0 aromatic heterocycles. The van der Waals surface area contributed by atoms with E-state index in [0.717, 1.165) is 39.1 Å². The number of halogens is 1. The van der Waals surface area contributed by atoms with Crippen LogP contribution in [0.15, 0.2) is 0 Å². The molecule has 0 aromatic carbocycles. The molecule has 0 spiro atoms. The Morgan fingerprint density at radius 1 is 1.30 bits per heavy atom. The van der Waals surface area contributed by atoms with E-state index in [-0.39, 0.29) is 0 Å². The van der Waals surface area contributed by atoms with Gasteiger partial charge in [0.05, 0.1) is 0 Å².